The van der Waals surface area contributed by atoms with Crippen LogP contribution in [0, 0.1) is 0 Å². The number of carbonyl (C=O) groups excluding carboxylic acids is 4. The highest BCUT2D eigenvalue weighted by atomic mass is 32.1. The van der Waals surface area contributed by atoms with Gasteiger partial charge in [-0.2, -0.15) is 12.6 Å². The smallest absolute Gasteiger partial charge is 0.407 e. The summed E-state index contributed by atoms with van der Waals surface area (Å²) >= 11 is 4.00. The number of carbonyl (C=O) groups is 4. The van der Waals surface area contributed by atoms with Gasteiger partial charge in [-0.25, -0.2) is 19.2 Å². The molecule has 1 unspecified atom stereocenters. The zero-order chi connectivity index (χ0) is 19.8. The fourth-order valence-corrected chi connectivity index (χ4v) is 1.44. The minimum atomic E-state index is -0.779. The number of nitrogens with one attached hydrogen (secondary N) is 2. The van der Waals surface area contributed by atoms with Crippen molar-refractivity contribution in [3.05, 3.63) is 25.3 Å². The van der Waals surface area contributed by atoms with Gasteiger partial charge in [-0.1, -0.05) is 13.2 Å². The van der Waals surface area contributed by atoms with E-state index >= 15 is 0 Å². The van der Waals surface area contributed by atoms with Crippen molar-refractivity contribution < 1.29 is 38.1 Å². The topological polar surface area (TPSA) is 129 Å². The van der Waals surface area contributed by atoms with Gasteiger partial charge in [0.05, 0.1) is 13.1 Å². The van der Waals surface area contributed by atoms with Crippen molar-refractivity contribution in [2.45, 2.75) is 6.10 Å². The second-order valence-corrected chi connectivity index (χ2v) is 4.77. The molecule has 0 fully saturated rings. The lowest BCUT2D eigenvalue weighted by molar-refractivity contribution is -0.138. The molecule has 11 heteroatoms. The van der Waals surface area contributed by atoms with E-state index in [1.165, 1.54) is 0 Å². The summed E-state index contributed by atoms with van der Waals surface area (Å²) in [5, 5.41) is 4.70. The molecule has 1 atom stereocenters. The molecule has 0 heterocycles. The molecule has 0 aromatic carbocycles. The van der Waals surface area contributed by atoms with E-state index in [9.17, 15) is 19.2 Å². The summed E-state index contributed by atoms with van der Waals surface area (Å²) in [6.07, 6.45) is -0.327. The number of thiol groups is 1. The van der Waals surface area contributed by atoms with Gasteiger partial charge in [0.1, 0.15) is 25.9 Å². The van der Waals surface area contributed by atoms with Crippen LogP contribution in [0.5, 0.6) is 0 Å². The van der Waals surface area contributed by atoms with Gasteiger partial charge in [0, 0.05) is 17.9 Å². The van der Waals surface area contributed by atoms with Crippen molar-refractivity contribution in [2.24, 2.45) is 0 Å². The molecule has 0 radical (unpaired) electrons. The Hall–Kier alpha value is -2.69. The standard InChI is InChI=1S/C15H22N2O8S/c1-3-12(18)22-7-5-16-14(20)24-9-11(10-26)25-15(21)17-6-8-23-13(19)4-2/h3-4,11,26H,1-2,5-10H2,(H,16,20)(H,17,21). The van der Waals surface area contributed by atoms with Crippen LogP contribution in [0.25, 0.3) is 0 Å². The molecule has 0 aromatic heterocycles. The third-order valence-corrected chi connectivity index (χ3v) is 2.85. The predicted octanol–water partition coefficient (Wildman–Crippen LogP) is 0.196. The quantitative estimate of drug-likeness (QED) is 0.142. The molecule has 0 spiro atoms. The zero-order valence-corrected chi connectivity index (χ0v) is 15.0. The van der Waals surface area contributed by atoms with Crippen LogP contribution in [0.15, 0.2) is 25.3 Å². The Kier molecular flexibility index (Phi) is 13.1. The van der Waals surface area contributed by atoms with Gasteiger partial charge in [0.15, 0.2) is 0 Å². The van der Waals surface area contributed by atoms with Gasteiger partial charge in [0.25, 0.3) is 0 Å². The molecule has 0 aliphatic carbocycles. The number of rotatable bonds is 12. The van der Waals surface area contributed by atoms with Crippen molar-refractivity contribution in [2.75, 3.05) is 38.7 Å². The Labute approximate surface area is 156 Å². The molecule has 2 N–H and O–H groups in total. The minimum Gasteiger partial charge on any atom is -0.461 e. The maximum atomic E-state index is 11.5. The van der Waals surface area contributed by atoms with Crippen molar-refractivity contribution in [1.82, 2.24) is 10.6 Å². The van der Waals surface area contributed by atoms with E-state index < -0.39 is 30.2 Å². The number of esters is 2. The first kappa shape index (κ1) is 23.3. The molecule has 10 nitrogen and oxygen atoms in total. The maximum absolute atomic E-state index is 11.5. The van der Waals surface area contributed by atoms with Crippen LogP contribution in [-0.2, 0) is 28.5 Å². The van der Waals surface area contributed by atoms with E-state index in [-0.39, 0.29) is 38.7 Å². The van der Waals surface area contributed by atoms with E-state index in [0.717, 1.165) is 12.2 Å². The Morgan fingerprint density at radius 3 is 1.85 bits per heavy atom. The lowest BCUT2D eigenvalue weighted by atomic mass is 10.4. The second kappa shape index (κ2) is 14.6. The molecular formula is C15H22N2O8S. The van der Waals surface area contributed by atoms with E-state index in [4.69, 9.17) is 9.47 Å². The molecule has 0 saturated carbocycles. The molecule has 2 amide bonds. The van der Waals surface area contributed by atoms with Crippen LogP contribution in [0.4, 0.5) is 9.59 Å². The number of alkyl carbamates (subject to hydrolysis) is 2. The molecule has 146 valence electrons. The normalized spacial score (nSPS) is 10.7. The van der Waals surface area contributed by atoms with Gasteiger partial charge in [-0.3, -0.25) is 0 Å². The third kappa shape index (κ3) is 12.7. The summed E-state index contributed by atoms with van der Waals surface area (Å²) in [5.41, 5.74) is 0. The van der Waals surface area contributed by atoms with Gasteiger partial charge in [-0.05, 0) is 0 Å². The molecule has 0 aromatic rings. The highest BCUT2D eigenvalue weighted by Crippen LogP contribution is 1.98. The Bertz CT molecular complexity index is 512. The van der Waals surface area contributed by atoms with Gasteiger partial charge in [0.2, 0.25) is 0 Å². The lowest BCUT2D eigenvalue weighted by Gasteiger charge is -2.16. The average Bonchev–Trinajstić information content (AvgIpc) is 2.64. The van der Waals surface area contributed by atoms with Crippen LogP contribution in [0.1, 0.15) is 0 Å². The monoisotopic (exact) mass is 390 g/mol. The molecule has 0 bridgehead atoms. The third-order valence-electron chi connectivity index (χ3n) is 2.44. The first-order chi connectivity index (χ1) is 12.4. The molecule has 0 saturated heterocycles. The van der Waals surface area contributed by atoms with Crippen LogP contribution < -0.4 is 10.6 Å². The van der Waals surface area contributed by atoms with Crippen molar-refractivity contribution >= 4 is 36.8 Å². The van der Waals surface area contributed by atoms with Crippen molar-refractivity contribution in [3.63, 3.8) is 0 Å². The fraction of sp³-hybridized carbons (Fsp3) is 0.467. The van der Waals surface area contributed by atoms with Gasteiger partial charge in [-0.15, -0.1) is 0 Å². The number of ether oxygens (including phenoxy) is 4. The van der Waals surface area contributed by atoms with Crippen molar-refractivity contribution in [3.8, 4) is 0 Å². The predicted molar refractivity (Wildman–Crippen MR) is 93.8 cm³/mol. The summed E-state index contributed by atoms with van der Waals surface area (Å²) in [6.45, 7) is 6.25. The maximum Gasteiger partial charge on any atom is 0.407 e. The Morgan fingerprint density at radius 1 is 0.885 bits per heavy atom. The highest BCUT2D eigenvalue weighted by Gasteiger charge is 2.15. The lowest BCUT2D eigenvalue weighted by Crippen LogP contribution is -2.36. The van der Waals surface area contributed by atoms with Crippen LogP contribution in [0.2, 0.25) is 0 Å². The van der Waals surface area contributed by atoms with Gasteiger partial charge < -0.3 is 29.6 Å². The minimum absolute atomic E-state index is 0.0364. The number of hydrogen-bond acceptors (Lipinski definition) is 9. The van der Waals surface area contributed by atoms with Gasteiger partial charge >= 0.3 is 24.1 Å². The first-order valence-electron chi connectivity index (χ1n) is 7.47. The van der Waals surface area contributed by atoms with Crippen molar-refractivity contribution in [1.29, 1.82) is 0 Å². The van der Waals surface area contributed by atoms with Crippen LogP contribution in [0.3, 0.4) is 0 Å². The fourth-order valence-electron chi connectivity index (χ4n) is 1.26. The van der Waals surface area contributed by atoms with E-state index in [1.54, 1.807) is 0 Å². The molecule has 26 heavy (non-hydrogen) atoms. The summed E-state index contributed by atoms with van der Waals surface area (Å²) in [7, 11) is 0. The van der Waals surface area contributed by atoms with E-state index in [1.807, 2.05) is 0 Å². The van der Waals surface area contributed by atoms with Crippen LogP contribution in [-0.4, -0.2) is 68.9 Å². The summed E-state index contributed by atoms with van der Waals surface area (Å²) < 4.78 is 19.2. The average molecular weight is 390 g/mol. The summed E-state index contributed by atoms with van der Waals surface area (Å²) in [5.74, 6) is -1.09. The SMILES string of the molecule is C=CC(=O)OCCNC(=O)OCC(CS)OC(=O)NCCOC(=O)C=C. The summed E-state index contributed by atoms with van der Waals surface area (Å²) in [4.78, 5) is 44.5. The molecular weight excluding hydrogens is 368 g/mol. The molecule has 0 aliphatic rings. The molecule has 0 rings (SSSR count). The first-order valence-corrected chi connectivity index (χ1v) is 8.10. The Morgan fingerprint density at radius 2 is 1.38 bits per heavy atom. The summed E-state index contributed by atoms with van der Waals surface area (Å²) in [6, 6.07) is 0. The Balaban J connectivity index is 3.88. The largest absolute Gasteiger partial charge is 0.461 e. The number of amides is 2. The zero-order valence-electron chi connectivity index (χ0n) is 14.1. The molecule has 0 aliphatic heterocycles. The second-order valence-electron chi connectivity index (χ2n) is 4.41. The van der Waals surface area contributed by atoms with E-state index in [2.05, 4.69) is 45.9 Å². The van der Waals surface area contributed by atoms with Crippen LogP contribution >= 0.6 is 12.6 Å². The number of hydrogen-bond donors (Lipinski definition) is 3. The van der Waals surface area contributed by atoms with E-state index in [0.29, 0.717) is 0 Å². The highest BCUT2D eigenvalue weighted by molar-refractivity contribution is 7.80.